The van der Waals surface area contributed by atoms with Gasteiger partial charge in [0.2, 0.25) is 0 Å². The largest absolute Gasteiger partial charge is 0.452 e. The Morgan fingerprint density at radius 3 is 2.33 bits per heavy atom. The highest BCUT2D eigenvalue weighted by atomic mass is 32.1. The minimum Gasteiger partial charge on any atom is -0.452 e. The molecule has 0 unspecified atom stereocenters. The summed E-state index contributed by atoms with van der Waals surface area (Å²) in [4.78, 5) is 25.1. The third-order valence-electron chi connectivity index (χ3n) is 3.70. The van der Waals surface area contributed by atoms with Gasteiger partial charge in [0.25, 0.3) is 5.91 Å². The highest BCUT2D eigenvalue weighted by Gasteiger charge is 2.19. The molecular weight excluding hydrogens is 372 g/mol. The summed E-state index contributed by atoms with van der Waals surface area (Å²) in [5.41, 5.74) is 0.588. The molecular formula is C20H15F2NO3S. The fourth-order valence-corrected chi connectivity index (χ4v) is 3.31. The van der Waals surface area contributed by atoms with Gasteiger partial charge in [0.05, 0.1) is 11.6 Å². The van der Waals surface area contributed by atoms with Crippen molar-refractivity contribution in [1.29, 1.82) is 0 Å². The number of benzene rings is 2. The molecule has 1 heterocycles. The van der Waals surface area contributed by atoms with E-state index in [1.54, 1.807) is 0 Å². The molecule has 4 nitrogen and oxygen atoms in total. The lowest BCUT2D eigenvalue weighted by Gasteiger charge is -2.18. The zero-order valence-corrected chi connectivity index (χ0v) is 14.8. The highest BCUT2D eigenvalue weighted by molar-refractivity contribution is 7.10. The number of ether oxygens (including phenoxy) is 1. The van der Waals surface area contributed by atoms with Gasteiger partial charge in [-0.1, -0.05) is 36.4 Å². The lowest BCUT2D eigenvalue weighted by molar-refractivity contribution is -0.124. The number of carbonyl (C=O) groups excluding carboxylic acids is 2. The van der Waals surface area contributed by atoms with Gasteiger partial charge >= 0.3 is 5.97 Å². The van der Waals surface area contributed by atoms with Crippen LogP contribution in [0.25, 0.3) is 0 Å². The van der Waals surface area contributed by atoms with Crippen molar-refractivity contribution >= 4 is 23.2 Å². The second-order valence-electron chi connectivity index (χ2n) is 5.66. The SMILES string of the molecule is O=C(COC(=O)c1cc(F)cc(F)c1)N[C@@H](c1ccccc1)c1cccs1. The smallest absolute Gasteiger partial charge is 0.338 e. The Morgan fingerprint density at radius 2 is 1.70 bits per heavy atom. The molecule has 0 bridgehead atoms. The quantitative estimate of drug-likeness (QED) is 0.648. The lowest BCUT2D eigenvalue weighted by Crippen LogP contribution is -2.32. The number of hydrogen-bond acceptors (Lipinski definition) is 4. The molecule has 27 heavy (non-hydrogen) atoms. The van der Waals surface area contributed by atoms with Crippen LogP contribution in [-0.2, 0) is 9.53 Å². The van der Waals surface area contributed by atoms with E-state index in [4.69, 9.17) is 4.74 Å². The number of nitrogens with one attached hydrogen (secondary N) is 1. The Morgan fingerprint density at radius 1 is 1.00 bits per heavy atom. The molecule has 2 aromatic carbocycles. The molecule has 0 aliphatic heterocycles. The number of rotatable bonds is 6. The zero-order chi connectivity index (χ0) is 19.2. The van der Waals surface area contributed by atoms with Gasteiger partial charge in [0.15, 0.2) is 6.61 Å². The number of carbonyl (C=O) groups is 2. The molecule has 0 fully saturated rings. The van der Waals surface area contributed by atoms with Crippen LogP contribution in [0, 0.1) is 11.6 Å². The van der Waals surface area contributed by atoms with Crippen LogP contribution in [0.2, 0.25) is 0 Å². The normalized spacial score (nSPS) is 11.6. The minimum absolute atomic E-state index is 0.293. The van der Waals surface area contributed by atoms with Crippen molar-refractivity contribution in [2.24, 2.45) is 0 Å². The summed E-state index contributed by atoms with van der Waals surface area (Å²) in [6.07, 6.45) is 0. The van der Waals surface area contributed by atoms with Crippen LogP contribution in [-0.4, -0.2) is 18.5 Å². The van der Waals surface area contributed by atoms with Crippen LogP contribution in [0.15, 0.2) is 66.0 Å². The van der Waals surface area contributed by atoms with Crippen molar-refractivity contribution in [2.75, 3.05) is 6.61 Å². The van der Waals surface area contributed by atoms with Crippen molar-refractivity contribution in [1.82, 2.24) is 5.32 Å². The monoisotopic (exact) mass is 387 g/mol. The van der Waals surface area contributed by atoms with Crippen LogP contribution < -0.4 is 5.32 Å². The third kappa shape index (κ3) is 4.98. The summed E-state index contributed by atoms with van der Waals surface area (Å²) in [5.74, 6) is -3.29. The van der Waals surface area contributed by atoms with Gasteiger partial charge in [-0.05, 0) is 29.1 Å². The first-order valence-corrected chi connectivity index (χ1v) is 8.92. The molecule has 0 aliphatic carbocycles. The molecule has 0 aliphatic rings. The molecule has 7 heteroatoms. The third-order valence-corrected chi connectivity index (χ3v) is 4.64. The van der Waals surface area contributed by atoms with Gasteiger partial charge in [0.1, 0.15) is 11.6 Å². The van der Waals surface area contributed by atoms with Crippen molar-refractivity contribution < 1.29 is 23.1 Å². The zero-order valence-electron chi connectivity index (χ0n) is 14.0. The first-order valence-electron chi connectivity index (χ1n) is 8.04. The van der Waals surface area contributed by atoms with E-state index in [-0.39, 0.29) is 11.6 Å². The number of thiophene rings is 1. The Kier molecular flexibility index (Phi) is 5.93. The predicted molar refractivity (Wildman–Crippen MR) is 97.4 cm³/mol. The van der Waals surface area contributed by atoms with E-state index in [1.807, 2.05) is 47.8 Å². The molecule has 138 valence electrons. The predicted octanol–water partition coefficient (Wildman–Crippen LogP) is 4.09. The fraction of sp³-hybridized carbons (Fsp3) is 0.100. The van der Waals surface area contributed by atoms with Crippen LogP contribution in [0.4, 0.5) is 8.78 Å². The molecule has 1 N–H and O–H groups in total. The van der Waals surface area contributed by atoms with Gasteiger partial charge in [-0.25, -0.2) is 13.6 Å². The van der Waals surface area contributed by atoms with Crippen molar-refractivity contribution in [3.05, 3.63) is 93.7 Å². The number of esters is 1. The summed E-state index contributed by atoms with van der Waals surface area (Å²) < 4.78 is 31.2. The van der Waals surface area contributed by atoms with Crippen molar-refractivity contribution in [3.63, 3.8) is 0 Å². The second-order valence-corrected chi connectivity index (χ2v) is 6.64. The highest BCUT2D eigenvalue weighted by Crippen LogP contribution is 2.25. The van der Waals surface area contributed by atoms with E-state index in [0.29, 0.717) is 6.07 Å². The molecule has 3 aromatic rings. The van der Waals surface area contributed by atoms with Gasteiger partial charge in [-0.2, -0.15) is 0 Å². The summed E-state index contributed by atoms with van der Waals surface area (Å²) in [6, 6.07) is 15.1. The standard InChI is InChI=1S/C20H15F2NO3S/c21-15-9-14(10-16(22)11-15)20(25)26-12-18(24)23-19(17-7-4-8-27-17)13-5-2-1-3-6-13/h1-11,19H,12H2,(H,23,24)/t19-/m0/s1. The molecule has 1 amide bonds. The van der Waals surface area contributed by atoms with Crippen molar-refractivity contribution in [2.45, 2.75) is 6.04 Å². The minimum atomic E-state index is -0.976. The molecule has 0 saturated carbocycles. The second kappa shape index (κ2) is 8.55. The van der Waals surface area contributed by atoms with E-state index >= 15 is 0 Å². The Bertz CT molecular complexity index is 909. The van der Waals surface area contributed by atoms with Gasteiger partial charge in [-0.15, -0.1) is 11.3 Å². The maximum absolute atomic E-state index is 13.2. The van der Waals surface area contributed by atoms with E-state index in [2.05, 4.69) is 5.32 Å². The topological polar surface area (TPSA) is 55.4 Å². The van der Waals surface area contributed by atoms with Crippen LogP contribution in [0.1, 0.15) is 26.8 Å². The molecule has 0 radical (unpaired) electrons. The lowest BCUT2D eigenvalue weighted by atomic mass is 10.1. The molecule has 0 spiro atoms. The van der Waals surface area contributed by atoms with Gasteiger partial charge < -0.3 is 10.1 Å². The first-order chi connectivity index (χ1) is 13.0. The maximum Gasteiger partial charge on any atom is 0.338 e. The van der Waals surface area contributed by atoms with E-state index < -0.39 is 30.1 Å². The van der Waals surface area contributed by atoms with Gasteiger partial charge in [0, 0.05) is 10.9 Å². The van der Waals surface area contributed by atoms with Crippen LogP contribution >= 0.6 is 11.3 Å². The summed E-state index contributed by atoms with van der Waals surface area (Å²) in [7, 11) is 0. The number of amides is 1. The fourth-order valence-electron chi connectivity index (χ4n) is 2.51. The number of halogens is 2. The van der Waals surface area contributed by atoms with Gasteiger partial charge in [-0.3, -0.25) is 4.79 Å². The summed E-state index contributed by atoms with van der Waals surface area (Å²) in [6.45, 7) is -0.564. The summed E-state index contributed by atoms with van der Waals surface area (Å²) in [5, 5.41) is 4.71. The molecule has 1 atom stereocenters. The van der Waals surface area contributed by atoms with Crippen LogP contribution in [0.3, 0.4) is 0 Å². The Hall–Kier alpha value is -3.06. The van der Waals surface area contributed by atoms with Crippen LogP contribution in [0.5, 0.6) is 0 Å². The van der Waals surface area contributed by atoms with E-state index in [9.17, 15) is 18.4 Å². The van der Waals surface area contributed by atoms with E-state index in [1.165, 1.54) is 11.3 Å². The first kappa shape index (κ1) is 18.7. The average Bonchev–Trinajstić information content (AvgIpc) is 3.18. The van der Waals surface area contributed by atoms with E-state index in [0.717, 1.165) is 22.6 Å². The molecule has 3 rings (SSSR count). The molecule has 1 aromatic heterocycles. The Labute approximate surface area is 158 Å². The Balaban J connectivity index is 1.65. The summed E-state index contributed by atoms with van der Waals surface area (Å²) >= 11 is 1.49. The maximum atomic E-state index is 13.2. The molecule has 0 saturated heterocycles. The number of hydrogen-bond donors (Lipinski definition) is 1. The van der Waals surface area contributed by atoms with Crippen molar-refractivity contribution in [3.8, 4) is 0 Å². The average molecular weight is 387 g/mol.